The average molecular weight is 285 g/mol. The third kappa shape index (κ3) is 2.83. The van der Waals surface area contributed by atoms with Gasteiger partial charge in [0.1, 0.15) is 17.8 Å². The molecule has 0 bridgehead atoms. The second-order valence-corrected chi connectivity index (χ2v) is 5.72. The van der Waals surface area contributed by atoms with E-state index >= 15 is 0 Å². The zero-order valence-corrected chi connectivity index (χ0v) is 12.3. The van der Waals surface area contributed by atoms with Gasteiger partial charge in [-0.3, -0.25) is 0 Å². The topological polar surface area (TPSA) is 77.8 Å². The van der Waals surface area contributed by atoms with Crippen LogP contribution in [0.4, 0.5) is 0 Å². The normalized spacial score (nSPS) is 22.4. The summed E-state index contributed by atoms with van der Waals surface area (Å²) >= 11 is 0. The molecule has 2 aromatic rings. The molecule has 0 saturated heterocycles. The van der Waals surface area contributed by atoms with Crippen LogP contribution in [0.1, 0.15) is 31.5 Å². The summed E-state index contributed by atoms with van der Waals surface area (Å²) in [6, 6.07) is 4.50. The number of nitrogens with zero attached hydrogens (tertiary/aromatic N) is 4. The van der Waals surface area contributed by atoms with Gasteiger partial charge in [0.25, 0.3) is 0 Å². The Kier molecular flexibility index (Phi) is 3.76. The van der Waals surface area contributed by atoms with Crippen molar-refractivity contribution in [3.63, 3.8) is 0 Å². The highest BCUT2D eigenvalue weighted by atomic mass is 16.5. The SMILES string of the molecule is CN(C)C1CCC(Oc2nc(C#N)nc3[nH]ccc23)CC1. The second kappa shape index (κ2) is 5.70. The van der Waals surface area contributed by atoms with E-state index in [-0.39, 0.29) is 11.9 Å². The predicted molar refractivity (Wildman–Crippen MR) is 79.0 cm³/mol. The van der Waals surface area contributed by atoms with Crippen molar-refractivity contribution in [1.82, 2.24) is 19.9 Å². The van der Waals surface area contributed by atoms with Crippen LogP contribution in [-0.2, 0) is 0 Å². The van der Waals surface area contributed by atoms with E-state index in [0.717, 1.165) is 31.1 Å². The summed E-state index contributed by atoms with van der Waals surface area (Å²) in [5, 5.41) is 9.85. The van der Waals surface area contributed by atoms with Gasteiger partial charge in [0, 0.05) is 12.2 Å². The van der Waals surface area contributed by atoms with Gasteiger partial charge in [-0.25, -0.2) is 4.98 Å². The summed E-state index contributed by atoms with van der Waals surface area (Å²) in [6.45, 7) is 0. The molecule has 1 aliphatic carbocycles. The first-order valence-electron chi connectivity index (χ1n) is 7.25. The van der Waals surface area contributed by atoms with Crippen molar-refractivity contribution in [2.24, 2.45) is 0 Å². The number of hydrogen-bond donors (Lipinski definition) is 1. The molecule has 1 fully saturated rings. The van der Waals surface area contributed by atoms with Crippen LogP contribution < -0.4 is 4.74 Å². The van der Waals surface area contributed by atoms with Gasteiger partial charge < -0.3 is 14.6 Å². The Balaban J connectivity index is 1.77. The van der Waals surface area contributed by atoms with Crippen molar-refractivity contribution in [3.8, 4) is 11.9 Å². The van der Waals surface area contributed by atoms with Gasteiger partial charge in [-0.05, 0) is 45.8 Å². The van der Waals surface area contributed by atoms with Crippen LogP contribution in [0.15, 0.2) is 12.3 Å². The number of aromatic amines is 1. The van der Waals surface area contributed by atoms with Crippen molar-refractivity contribution in [2.45, 2.75) is 37.8 Å². The first-order valence-corrected chi connectivity index (χ1v) is 7.25. The molecule has 21 heavy (non-hydrogen) atoms. The minimum absolute atomic E-state index is 0.141. The summed E-state index contributed by atoms with van der Waals surface area (Å²) in [6.07, 6.45) is 6.24. The van der Waals surface area contributed by atoms with Crippen molar-refractivity contribution in [3.05, 3.63) is 18.1 Å². The Morgan fingerprint density at radius 3 is 2.71 bits per heavy atom. The Morgan fingerprint density at radius 1 is 1.29 bits per heavy atom. The van der Waals surface area contributed by atoms with Crippen LogP contribution in [0.3, 0.4) is 0 Å². The molecule has 0 radical (unpaired) electrons. The summed E-state index contributed by atoms with van der Waals surface area (Å²) in [7, 11) is 4.25. The van der Waals surface area contributed by atoms with Crippen LogP contribution >= 0.6 is 0 Å². The van der Waals surface area contributed by atoms with Crippen LogP contribution in [0.5, 0.6) is 5.88 Å². The van der Waals surface area contributed by atoms with Crippen molar-refractivity contribution >= 4 is 11.0 Å². The number of hydrogen-bond acceptors (Lipinski definition) is 5. The van der Waals surface area contributed by atoms with Crippen LogP contribution in [0, 0.1) is 11.3 Å². The van der Waals surface area contributed by atoms with Gasteiger partial charge in [-0.2, -0.15) is 10.2 Å². The zero-order chi connectivity index (χ0) is 14.8. The molecule has 0 aliphatic heterocycles. The fraction of sp³-hybridized carbons (Fsp3) is 0.533. The molecule has 0 amide bonds. The molecule has 1 saturated carbocycles. The standard InChI is InChI=1S/C15H19N5O/c1-20(2)10-3-5-11(6-4-10)21-15-12-7-8-17-14(12)18-13(9-16)19-15/h7-8,10-11H,3-6H2,1-2H3,(H,17,18,19). The van der Waals surface area contributed by atoms with Gasteiger partial charge >= 0.3 is 0 Å². The molecular formula is C15H19N5O. The predicted octanol–water partition coefficient (Wildman–Crippen LogP) is 2.08. The number of fused-ring (bicyclic) bond motifs is 1. The van der Waals surface area contributed by atoms with Crippen LogP contribution in [0.2, 0.25) is 0 Å². The molecule has 1 N–H and O–H groups in total. The third-order valence-corrected chi connectivity index (χ3v) is 4.13. The van der Waals surface area contributed by atoms with Gasteiger partial charge in [0.05, 0.1) is 5.39 Å². The summed E-state index contributed by atoms with van der Waals surface area (Å²) in [5.41, 5.74) is 0.651. The van der Waals surface area contributed by atoms with Crippen LogP contribution in [0.25, 0.3) is 11.0 Å². The van der Waals surface area contributed by atoms with E-state index in [4.69, 9.17) is 10.00 Å². The van der Waals surface area contributed by atoms with Gasteiger partial charge in [-0.15, -0.1) is 0 Å². The largest absolute Gasteiger partial charge is 0.474 e. The number of nitriles is 1. The van der Waals surface area contributed by atoms with Crippen LogP contribution in [-0.4, -0.2) is 46.1 Å². The van der Waals surface area contributed by atoms with E-state index in [9.17, 15) is 0 Å². The molecule has 2 aromatic heterocycles. The average Bonchev–Trinajstić information content (AvgIpc) is 2.96. The maximum Gasteiger partial charge on any atom is 0.237 e. The summed E-state index contributed by atoms with van der Waals surface area (Å²) in [4.78, 5) is 13.6. The molecular weight excluding hydrogens is 266 g/mol. The Hall–Kier alpha value is -2.13. The van der Waals surface area contributed by atoms with E-state index in [0.29, 0.717) is 17.6 Å². The lowest BCUT2D eigenvalue weighted by Gasteiger charge is -2.32. The number of rotatable bonds is 3. The molecule has 3 rings (SSSR count). The molecule has 0 unspecified atom stereocenters. The van der Waals surface area contributed by atoms with E-state index in [1.54, 1.807) is 6.20 Å². The highest BCUT2D eigenvalue weighted by molar-refractivity contribution is 5.81. The Labute approximate surface area is 123 Å². The number of H-pyrrole nitrogens is 1. The monoisotopic (exact) mass is 285 g/mol. The smallest absolute Gasteiger partial charge is 0.237 e. The fourth-order valence-electron chi connectivity index (χ4n) is 2.89. The molecule has 110 valence electrons. The number of aromatic nitrogens is 3. The first kappa shape index (κ1) is 13.8. The molecule has 0 spiro atoms. The minimum atomic E-state index is 0.141. The summed E-state index contributed by atoms with van der Waals surface area (Å²) in [5.74, 6) is 0.660. The molecule has 0 atom stereocenters. The lowest BCUT2D eigenvalue weighted by molar-refractivity contribution is 0.108. The van der Waals surface area contributed by atoms with E-state index < -0.39 is 0 Å². The molecule has 6 nitrogen and oxygen atoms in total. The van der Waals surface area contributed by atoms with Gasteiger partial charge in [0.15, 0.2) is 0 Å². The molecule has 2 heterocycles. The Bertz CT molecular complexity index is 664. The van der Waals surface area contributed by atoms with Crippen molar-refractivity contribution < 1.29 is 4.74 Å². The van der Waals surface area contributed by atoms with Gasteiger partial charge in [-0.1, -0.05) is 0 Å². The Morgan fingerprint density at radius 2 is 2.05 bits per heavy atom. The fourth-order valence-corrected chi connectivity index (χ4v) is 2.89. The van der Waals surface area contributed by atoms with Crippen molar-refractivity contribution in [1.29, 1.82) is 5.26 Å². The molecule has 6 heteroatoms. The molecule has 0 aromatic carbocycles. The molecule has 1 aliphatic rings. The quantitative estimate of drug-likeness (QED) is 0.934. The zero-order valence-electron chi connectivity index (χ0n) is 12.3. The van der Waals surface area contributed by atoms with E-state index in [1.807, 2.05) is 12.1 Å². The highest BCUT2D eigenvalue weighted by Crippen LogP contribution is 2.28. The van der Waals surface area contributed by atoms with E-state index in [2.05, 4.69) is 33.9 Å². The highest BCUT2D eigenvalue weighted by Gasteiger charge is 2.24. The lowest BCUT2D eigenvalue weighted by atomic mass is 9.92. The second-order valence-electron chi connectivity index (χ2n) is 5.72. The summed E-state index contributed by atoms with van der Waals surface area (Å²) < 4.78 is 6.06. The van der Waals surface area contributed by atoms with E-state index in [1.165, 1.54) is 0 Å². The lowest BCUT2D eigenvalue weighted by Crippen LogP contribution is -2.35. The van der Waals surface area contributed by atoms with Crippen molar-refractivity contribution in [2.75, 3.05) is 14.1 Å². The third-order valence-electron chi connectivity index (χ3n) is 4.13. The number of nitrogens with one attached hydrogen (secondary N) is 1. The minimum Gasteiger partial charge on any atom is -0.474 e. The number of ether oxygens (including phenoxy) is 1. The maximum absolute atomic E-state index is 9.01. The maximum atomic E-state index is 9.01. The first-order chi connectivity index (χ1) is 10.2. The van der Waals surface area contributed by atoms with Gasteiger partial charge in [0.2, 0.25) is 11.7 Å².